The maximum absolute atomic E-state index is 14.0. The predicted octanol–water partition coefficient (Wildman–Crippen LogP) is 4.18. The number of amides is 4. The van der Waals surface area contributed by atoms with E-state index in [4.69, 9.17) is 23.2 Å². The Morgan fingerprint density at radius 2 is 1.80 bits per heavy atom. The third kappa shape index (κ3) is 2.67. The number of para-hydroxylation sites is 1. The Balaban J connectivity index is 1.68. The van der Waals surface area contributed by atoms with Gasteiger partial charge in [-0.15, -0.1) is 0 Å². The summed E-state index contributed by atoms with van der Waals surface area (Å²) in [5, 5.41) is 2.98. The third-order valence-electron chi connectivity index (χ3n) is 6.40. The number of imide groups is 2. The number of hydrogen-bond donors (Lipinski definition) is 1. The number of carbonyl (C=O) groups excluding carboxylic acids is 3. The third-order valence-corrected chi connectivity index (χ3v) is 6.96. The lowest BCUT2D eigenvalue weighted by atomic mass is 9.66. The Hall–Kier alpha value is -2.57. The van der Waals surface area contributed by atoms with Gasteiger partial charge in [0, 0.05) is 17.3 Å². The van der Waals surface area contributed by atoms with Gasteiger partial charge >= 0.3 is 6.03 Å². The highest BCUT2D eigenvalue weighted by molar-refractivity contribution is 6.39. The van der Waals surface area contributed by atoms with Gasteiger partial charge in [0.25, 0.3) is 5.91 Å². The van der Waals surface area contributed by atoms with Crippen LogP contribution in [0.5, 0.6) is 0 Å². The minimum atomic E-state index is -1.41. The van der Waals surface area contributed by atoms with Crippen molar-refractivity contribution in [3.63, 3.8) is 0 Å². The van der Waals surface area contributed by atoms with Crippen molar-refractivity contribution in [2.45, 2.75) is 31.7 Å². The lowest BCUT2D eigenvalue weighted by Gasteiger charge is -2.53. The number of barbiturate groups is 1. The largest absolute Gasteiger partial charge is 0.367 e. The topological polar surface area (TPSA) is 69.7 Å². The number of halogens is 2. The van der Waals surface area contributed by atoms with Crippen molar-refractivity contribution < 1.29 is 14.4 Å². The molecule has 3 heterocycles. The molecule has 2 atom stereocenters. The van der Waals surface area contributed by atoms with E-state index in [9.17, 15) is 14.4 Å². The summed E-state index contributed by atoms with van der Waals surface area (Å²) in [7, 11) is 0. The van der Waals surface area contributed by atoms with Crippen LogP contribution >= 0.6 is 23.2 Å². The SMILES string of the molecule is O=C1NC(=O)[C@@]2(Cc3ccccc3N3CCCC[C@@H]32)C(=O)N1c1cc(Cl)ccc1Cl. The molecule has 1 N–H and O–H groups in total. The highest BCUT2D eigenvalue weighted by Crippen LogP contribution is 2.48. The Labute approximate surface area is 183 Å². The van der Waals surface area contributed by atoms with Crippen LogP contribution in [0, 0.1) is 5.41 Å². The fourth-order valence-electron chi connectivity index (χ4n) is 5.07. The van der Waals surface area contributed by atoms with E-state index in [2.05, 4.69) is 10.2 Å². The van der Waals surface area contributed by atoms with Gasteiger partial charge in [0.1, 0.15) is 0 Å². The minimum Gasteiger partial charge on any atom is -0.367 e. The van der Waals surface area contributed by atoms with Gasteiger partial charge < -0.3 is 4.90 Å². The normalized spacial score (nSPS) is 25.8. The molecular weight excluding hydrogens is 425 g/mol. The van der Waals surface area contributed by atoms with E-state index in [1.807, 2.05) is 24.3 Å². The number of benzene rings is 2. The van der Waals surface area contributed by atoms with Gasteiger partial charge in [0.05, 0.1) is 16.8 Å². The number of rotatable bonds is 1. The van der Waals surface area contributed by atoms with Gasteiger partial charge in [-0.2, -0.15) is 0 Å². The van der Waals surface area contributed by atoms with Crippen molar-refractivity contribution in [1.82, 2.24) is 5.32 Å². The number of hydrogen-bond acceptors (Lipinski definition) is 4. The zero-order chi connectivity index (χ0) is 21.0. The highest BCUT2D eigenvalue weighted by atomic mass is 35.5. The van der Waals surface area contributed by atoms with E-state index in [1.54, 1.807) is 6.07 Å². The van der Waals surface area contributed by atoms with Gasteiger partial charge in [-0.1, -0.05) is 41.4 Å². The lowest BCUT2D eigenvalue weighted by molar-refractivity contribution is -0.145. The van der Waals surface area contributed by atoms with E-state index in [1.165, 1.54) is 12.1 Å². The van der Waals surface area contributed by atoms with Gasteiger partial charge in [-0.25, -0.2) is 9.69 Å². The summed E-state index contributed by atoms with van der Waals surface area (Å²) in [5.41, 5.74) is 0.747. The van der Waals surface area contributed by atoms with Crippen LogP contribution < -0.4 is 15.1 Å². The van der Waals surface area contributed by atoms with Crippen LogP contribution in [-0.2, 0) is 16.0 Å². The van der Waals surface area contributed by atoms with Crippen LogP contribution in [-0.4, -0.2) is 30.4 Å². The number of fused-ring (bicyclic) bond motifs is 4. The molecule has 0 saturated carbocycles. The van der Waals surface area contributed by atoms with Gasteiger partial charge in [-0.05, 0) is 55.5 Å². The molecule has 2 aromatic rings. The quantitative estimate of drug-likeness (QED) is 0.671. The smallest absolute Gasteiger partial charge is 0.335 e. The summed E-state index contributed by atoms with van der Waals surface area (Å²) in [6.07, 6.45) is 2.83. The molecule has 0 radical (unpaired) electrons. The Morgan fingerprint density at radius 1 is 1.00 bits per heavy atom. The average molecular weight is 444 g/mol. The zero-order valence-electron chi connectivity index (χ0n) is 16.0. The molecule has 3 aliphatic heterocycles. The monoisotopic (exact) mass is 443 g/mol. The molecule has 2 aromatic carbocycles. The lowest BCUT2D eigenvalue weighted by Crippen LogP contribution is -2.73. The first-order valence-corrected chi connectivity index (χ1v) is 10.7. The maximum Gasteiger partial charge on any atom is 0.335 e. The summed E-state index contributed by atoms with van der Waals surface area (Å²) < 4.78 is 0. The summed E-state index contributed by atoms with van der Waals surface area (Å²) in [4.78, 5) is 43.2. The molecule has 30 heavy (non-hydrogen) atoms. The number of nitrogens with one attached hydrogen (secondary N) is 1. The van der Waals surface area contributed by atoms with Crippen molar-refractivity contribution in [3.8, 4) is 0 Å². The predicted molar refractivity (Wildman–Crippen MR) is 115 cm³/mol. The van der Waals surface area contributed by atoms with Gasteiger partial charge in [-0.3, -0.25) is 14.9 Å². The molecule has 2 saturated heterocycles. The average Bonchev–Trinajstić information content (AvgIpc) is 2.74. The molecule has 0 aromatic heterocycles. The van der Waals surface area contributed by atoms with E-state index in [0.29, 0.717) is 11.4 Å². The molecule has 6 nitrogen and oxygen atoms in total. The molecule has 0 aliphatic carbocycles. The van der Waals surface area contributed by atoms with Crippen LogP contribution in [0.2, 0.25) is 10.0 Å². The highest BCUT2D eigenvalue weighted by Gasteiger charge is 2.62. The van der Waals surface area contributed by atoms with Gasteiger partial charge in [0.2, 0.25) is 5.91 Å². The second-order valence-electron chi connectivity index (χ2n) is 7.98. The van der Waals surface area contributed by atoms with Crippen LogP contribution in [0.3, 0.4) is 0 Å². The summed E-state index contributed by atoms with van der Waals surface area (Å²) in [5.74, 6) is -1.09. The van der Waals surface area contributed by atoms with E-state index < -0.39 is 23.3 Å². The second-order valence-corrected chi connectivity index (χ2v) is 8.82. The molecular formula is C22H19Cl2N3O3. The number of nitrogens with zero attached hydrogens (tertiary/aromatic N) is 2. The van der Waals surface area contributed by atoms with Crippen LogP contribution in [0.25, 0.3) is 0 Å². The van der Waals surface area contributed by atoms with Crippen molar-refractivity contribution in [1.29, 1.82) is 0 Å². The Morgan fingerprint density at radius 3 is 2.63 bits per heavy atom. The molecule has 0 bridgehead atoms. The number of carbonyl (C=O) groups is 3. The fourth-order valence-corrected chi connectivity index (χ4v) is 5.44. The Kier molecular flexibility index (Phi) is 4.52. The molecule has 8 heteroatoms. The van der Waals surface area contributed by atoms with Crippen LogP contribution in [0.4, 0.5) is 16.2 Å². The van der Waals surface area contributed by atoms with Crippen molar-refractivity contribution >= 4 is 52.4 Å². The van der Waals surface area contributed by atoms with Crippen molar-refractivity contribution in [2.75, 3.05) is 16.3 Å². The Bertz CT molecular complexity index is 1090. The summed E-state index contributed by atoms with van der Waals surface area (Å²) in [6.45, 7) is 0.760. The number of piperidine rings is 1. The molecule has 3 aliphatic rings. The fraction of sp³-hybridized carbons (Fsp3) is 0.318. The standard InChI is InChI=1S/C22H19Cl2N3O3/c23-14-8-9-15(24)17(11-14)27-20(29)22(19(28)25-21(27)30)12-13-5-1-2-6-16(13)26-10-4-3-7-18(22)26/h1-2,5-6,8-9,11,18H,3-4,7,10,12H2,(H,25,28,30)/t18-,22+/m1/s1. The van der Waals surface area contributed by atoms with Crippen molar-refractivity contribution in [2.24, 2.45) is 5.41 Å². The second kappa shape index (κ2) is 7.00. The van der Waals surface area contributed by atoms with Gasteiger partial charge in [0.15, 0.2) is 5.41 Å². The molecule has 5 rings (SSSR count). The summed E-state index contributed by atoms with van der Waals surface area (Å²) in [6, 6.07) is 11.3. The molecule has 1 spiro atoms. The van der Waals surface area contributed by atoms with E-state index in [-0.39, 0.29) is 23.2 Å². The van der Waals surface area contributed by atoms with Crippen molar-refractivity contribution in [3.05, 3.63) is 58.1 Å². The first-order valence-electron chi connectivity index (χ1n) is 9.93. The van der Waals surface area contributed by atoms with Crippen LogP contribution in [0.1, 0.15) is 24.8 Å². The molecule has 2 fully saturated rings. The maximum atomic E-state index is 14.0. The number of urea groups is 1. The van der Waals surface area contributed by atoms with E-state index >= 15 is 0 Å². The first kappa shape index (κ1) is 19.4. The zero-order valence-corrected chi connectivity index (χ0v) is 17.5. The van der Waals surface area contributed by atoms with E-state index in [0.717, 1.165) is 35.5 Å². The summed E-state index contributed by atoms with van der Waals surface area (Å²) >= 11 is 12.4. The van der Waals surface area contributed by atoms with Crippen LogP contribution in [0.15, 0.2) is 42.5 Å². The minimum absolute atomic E-state index is 0.180. The first-order chi connectivity index (χ1) is 14.4. The molecule has 0 unspecified atom stereocenters. The number of anilines is 2. The molecule has 4 amide bonds. The molecule has 154 valence electrons.